The molecule has 0 bridgehead atoms. The molecule has 0 aliphatic rings. The monoisotopic (exact) mass is 191 g/mol. The molecule has 0 spiro atoms. The Kier molecular flexibility index (Phi) is 3.99. The molecule has 1 heteroatoms. The Morgan fingerprint density at radius 2 is 2.00 bits per heavy atom. The van der Waals surface area contributed by atoms with Gasteiger partial charge in [-0.05, 0) is 30.4 Å². The Morgan fingerprint density at radius 3 is 2.57 bits per heavy atom. The second kappa shape index (κ2) is 5.04. The van der Waals surface area contributed by atoms with E-state index in [2.05, 4.69) is 51.2 Å². The highest BCUT2D eigenvalue weighted by Gasteiger charge is 2.07. The number of rotatable bonds is 4. The quantitative estimate of drug-likeness (QED) is 0.760. The van der Waals surface area contributed by atoms with E-state index < -0.39 is 0 Å². The maximum atomic E-state index is 3.51. The number of aryl methyl sites for hydroxylation is 1. The van der Waals surface area contributed by atoms with Crippen molar-refractivity contribution in [1.82, 2.24) is 0 Å². The number of hydrogen-bond acceptors (Lipinski definition) is 1. The summed E-state index contributed by atoms with van der Waals surface area (Å²) in [5.41, 5.74) is 4.12. The van der Waals surface area contributed by atoms with Crippen LogP contribution >= 0.6 is 0 Å². The molecule has 78 valence electrons. The van der Waals surface area contributed by atoms with Gasteiger partial charge >= 0.3 is 0 Å². The summed E-state index contributed by atoms with van der Waals surface area (Å²) >= 11 is 0. The topological polar surface area (TPSA) is 12.0 Å². The molecule has 1 nitrogen and oxygen atoms in total. The van der Waals surface area contributed by atoms with Crippen LogP contribution in [-0.4, -0.2) is 6.54 Å². The predicted molar refractivity (Wildman–Crippen MR) is 64.0 cm³/mol. The number of para-hydroxylation sites is 1. The Hall–Kier alpha value is -0.980. The molecule has 0 radical (unpaired) electrons. The van der Waals surface area contributed by atoms with Gasteiger partial charge in [0.15, 0.2) is 0 Å². The van der Waals surface area contributed by atoms with E-state index in [1.165, 1.54) is 23.2 Å². The van der Waals surface area contributed by atoms with E-state index in [1.54, 1.807) is 0 Å². The Balaban J connectivity index is 2.96. The predicted octanol–water partition coefficient (Wildman–Crippen LogP) is 3.94. The standard InChI is InChI=1S/C13H21N/c1-5-9-14-13-11(4)7-6-8-12(13)10(2)3/h6-8,10,14H,5,9H2,1-4H3. The first-order chi connectivity index (χ1) is 6.66. The number of benzene rings is 1. The van der Waals surface area contributed by atoms with Gasteiger partial charge in [0.2, 0.25) is 0 Å². The minimum absolute atomic E-state index is 0.592. The van der Waals surface area contributed by atoms with Crippen LogP contribution in [0.5, 0.6) is 0 Å². The van der Waals surface area contributed by atoms with Crippen molar-refractivity contribution in [3.05, 3.63) is 29.3 Å². The highest BCUT2D eigenvalue weighted by atomic mass is 14.9. The van der Waals surface area contributed by atoms with Crippen molar-refractivity contribution < 1.29 is 0 Å². The molecule has 1 rings (SSSR count). The van der Waals surface area contributed by atoms with Gasteiger partial charge in [0.1, 0.15) is 0 Å². The molecule has 0 aliphatic heterocycles. The normalized spacial score (nSPS) is 10.6. The van der Waals surface area contributed by atoms with E-state index in [4.69, 9.17) is 0 Å². The first-order valence-corrected chi connectivity index (χ1v) is 5.50. The van der Waals surface area contributed by atoms with Gasteiger partial charge < -0.3 is 5.32 Å². The van der Waals surface area contributed by atoms with Crippen LogP contribution < -0.4 is 5.32 Å². The number of anilines is 1. The zero-order valence-electron chi connectivity index (χ0n) is 9.72. The zero-order valence-corrected chi connectivity index (χ0v) is 9.72. The molecular weight excluding hydrogens is 170 g/mol. The first-order valence-electron chi connectivity index (χ1n) is 5.50. The van der Waals surface area contributed by atoms with E-state index in [1.807, 2.05) is 0 Å². The molecule has 0 saturated heterocycles. The summed E-state index contributed by atoms with van der Waals surface area (Å²) < 4.78 is 0. The molecule has 1 aromatic rings. The van der Waals surface area contributed by atoms with E-state index in [0.29, 0.717) is 5.92 Å². The fraction of sp³-hybridized carbons (Fsp3) is 0.538. The molecule has 0 fully saturated rings. The smallest absolute Gasteiger partial charge is 0.0405 e. The van der Waals surface area contributed by atoms with Crippen molar-refractivity contribution in [2.45, 2.75) is 40.0 Å². The summed E-state index contributed by atoms with van der Waals surface area (Å²) in [6.45, 7) is 9.91. The lowest BCUT2D eigenvalue weighted by Gasteiger charge is -2.16. The maximum absolute atomic E-state index is 3.51. The SMILES string of the molecule is CCCNc1c(C)cccc1C(C)C. The molecular formula is C13H21N. The van der Waals surface area contributed by atoms with E-state index in [9.17, 15) is 0 Å². The number of nitrogens with one attached hydrogen (secondary N) is 1. The Bertz CT molecular complexity index is 289. The average Bonchev–Trinajstić information content (AvgIpc) is 2.15. The third-order valence-electron chi connectivity index (χ3n) is 2.48. The van der Waals surface area contributed by atoms with Crippen molar-refractivity contribution in [2.24, 2.45) is 0 Å². The minimum Gasteiger partial charge on any atom is -0.385 e. The molecule has 0 aromatic heterocycles. The van der Waals surface area contributed by atoms with Crippen molar-refractivity contribution in [2.75, 3.05) is 11.9 Å². The molecule has 0 aliphatic carbocycles. The molecule has 1 aromatic carbocycles. The molecule has 1 N–H and O–H groups in total. The third kappa shape index (κ3) is 2.50. The minimum atomic E-state index is 0.592. The summed E-state index contributed by atoms with van der Waals surface area (Å²) in [4.78, 5) is 0. The first kappa shape index (κ1) is 11.1. The van der Waals surface area contributed by atoms with Crippen molar-refractivity contribution in [3.8, 4) is 0 Å². The molecule has 14 heavy (non-hydrogen) atoms. The summed E-state index contributed by atoms with van der Waals surface area (Å²) in [6.07, 6.45) is 1.17. The second-order valence-corrected chi connectivity index (χ2v) is 4.12. The summed E-state index contributed by atoms with van der Waals surface area (Å²) in [5, 5.41) is 3.51. The number of hydrogen-bond donors (Lipinski definition) is 1. The average molecular weight is 191 g/mol. The Labute approximate surface area is 87.5 Å². The van der Waals surface area contributed by atoms with Crippen LogP contribution in [-0.2, 0) is 0 Å². The zero-order chi connectivity index (χ0) is 10.6. The van der Waals surface area contributed by atoms with Gasteiger partial charge in [0, 0.05) is 12.2 Å². The molecule has 0 atom stereocenters. The van der Waals surface area contributed by atoms with Gasteiger partial charge in [0.25, 0.3) is 0 Å². The lowest BCUT2D eigenvalue weighted by Crippen LogP contribution is -2.05. The van der Waals surface area contributed by atoms with Gasteiger partial charge in [-0.25, -0.2) is 0 Å². The second-order valence-electron chi connectivity index (χ2n) is 4.12. The van der Waals surface area contributed by atoms with Gasteiger partial charge in [-0.15, -0.1) is 0 Å². The van der Waals surface area contributed by atoms with Crippen molar-refractivity contribution >= 4 is 5.69 Å². The fourth-order valence-electron chi connectivity index (χ4n) is 1.66. The van der Waals surface area contributed by atoms with E-state index in [-0.39, 0.29) is 0 Å². The van der Waals surface area contributed by atoms with Crippen LogP contribution in [0.4, 0.5) is 5.69 Å². The summed E-state index contributed by atoms with van der Waals surface area (Å²) in [7, 11) is 0. The molecule has 0 saturated carbocycles. The lowest BCUT2D eigenvalue weighted by atomic mass is 9.98. The van der Waals surface area contributed by atoms with Crippen LogP contribution in [0, 0.1) is 6.92 Å². The molecule has 0 unspecified atom stereocenters. The highest BCUT2D eigenvalue weighted by Crippen LogP contribution is 2.27. The largest absolute Gasteiger partial charge is 0.385 e. The van der Waals surface area contributed by atoms with Crippen molar-refractivity contribution in [1.29, 1.82) is 0 Å². The van der Waals surface area contributed by atoms with Gasteiger partial charge in [-0.3, -0.25) is 0 Å². The third-order valence-corrected chi connectivity index (χ3v) is 2.48. The van der Waals surface area contributed by atoms with E-state index in [0.717, 1.165) is 6.54 Å². The lowest BCUT2D eigenvalue weighted by molar-refractivity contribution is 0.860. The van der Waals surface area contributed by atoms with Gasteiger partial charge in [0.05, 0.1) is 0 Å². The molecule has 0 heterocycles. The maximum Gasteiger partial charge on any atom is 0.0405 e. The molecule has 0 amide bonds. The van der Waals surface area contributed by atoms with Crippen LogP contribution in [0.25, 0.3) is 0 Å². The van der Waals surface area contributed by atoms with E-state index >= 15 is 0 Å². The van der Waals surface area contributed by atoms with Crippen LogP contribution in [0.15, 0.2) is 18.2 Å². The Morgan fingerprint density at radius 1 is 1.29 bits per heavy atom. The fourth-order valence-corrected chi connectivity index (χ4v) is 1.66. The van der Waals surface area contributed by atoms with Crippen LogP contribution in [0.3, 0.4) is 0 Å². The highest BCUT2D eigenvalue weighted by molar-refractivity contribution is 5.58. The summed E-state index contributed by atoms with van der Waals surface area (Å²) in [5.74, 6) is 0.592. The summed E-state index contributed by atoms with van der Waals surface area (Å²) in [6, 6.07) is 6.53. The van der Waals surface area contributed by atoms with Gasteiger partial charge in [-0.2, -0.15) is 0 Å². The van der Waals surface area contributed by atoms with Crippen LogP contribution in [0.1, 0.15) is 44.2 Å². The van der Waals surface area contributed by atoms with Crippen LogP contribution in [0.2, 0.25) is 0 Å². The van der Waals surface area contributed by atoms with Gasteiger partial charge in [-0.1, -0.05) is 39.0 Å². The van der Waals surface area contributed by atoms with Crippen molar-refractivity contribution in [3.63, 3.8) is 0 Å².